The maximum absolute atomic E-state index is 5.96. The van der Waals surface area contributed by atoms with Crippen LogP contribution in [0.2, 0.25) is 0 Å². The fraction of sp³-hybridized carbons (Fsp3) is 0.769. The molecule has 0 aliphatic heterocycles. The summed E-state index contributed by atoms with van der Waals surface area (Å²) in [4.78, 5) is 2.56. The van der Waals surface area contributed by atoms with Crippen LogP contribution in [0.1, 0.15) is 38.2 Å². The SMILES string of the molecule is CCN(Cc1cnn(C)c1)C1CCC(N)CC1. The van der Waals surface area contributed by atoms with Gasteiger partial charge < -0.3 is 5.73 Å². The Morgan fingerprint density at radius 1 is 1.41 bits per heavy atom. The second-order valence-corrected chi connectivity index (χ2v) is 5.15. The van der Waals surface area contributed by atoms with E-state index in [1.54, 1.807) is 0 Å². The third-order valence-corrected chi connectivity index (χ3v) is 3.81. The maximum Gasteiger partial charge on any atom is 0.0534 e. The Balaban J connectivity index is 1.92. The summed E-state index contributed by atoms with van der Waals surface area (Å²) in [5, 5.41) is 4.23. The Morgan fingerprint density at radius 3 is 2.65 bits per heavy atom. The molecule has 4 nitrogen and oxygen atoms in total. The van der Waals surface area contributed by atoms with Crippen LogP contribution in [-0.2, 0) is 13.6 Å². The van der Waals surface area contributed by atoms with Gasteiger partial charge in [0.25, 0.3) is 0 Å². The van der Waals surface area contributed by atoms with Crippen LogP contribution in [0.4, 0.5) is 0 Å². The van der Waals surface area contributed by atoms with Gasteiger partial charge in [-0.05, 0) is 32.2 Å². The molecule has 1 aromatic rings. The third-order valence-electron chi connectivity index (χ3n) is 3.81. The highest BCUT2D eigenvalue weighted by atomic mass is 15.2. The van der Waals surface area contributed by atoms with Crippen LogP contribution in [0, 0.1) is 0 Å². The number of aryl methyl sites for hydroxylation is 1. The molecule has 0 atom stereocenters. The number of aromatic nitrogens is 2. The van der Waals surface area contributed by atoms with Crippen molar-refractivity contribution in [3.63, 3.8) is 0 Å². The summed E-state index contributed by atoms with van der Waals surface area (Å²) in [7, 11) is 1.97. The zero-order chi connectivity index (χ0) is 12.3. The molecule has 0 saturated heterocycles. The fourth-order valence-electron chi connectivity index (χ4n) is 2.75. The van der Waals surface area contributed by atoms with Gasteiger partial charge in [0.1, 0.15) is 0 Å². The molecule has 2 rings (SSSR count). The van der Waals surface area contributed by atoms with Crippen molar-refractivity contribution < 1.29 is 0 Å². The van der Waals surface area contributed by atoms with Gasteiger partial charge in [-0.3, -0.25) is 9.58 Å². The van der Waals surface area contributed by atoms with Gasteiger partial charge >= 0.3 is 0 Å². The Kier molecular flexibility index (Phi) is 4.18. The molecule has 1 saturated carbocycles. The monoisotopic (exact) mass is 236 g/mol. The van der Waals surface area contributed by atoms with E-state index >= 15 is 0 Å². The molecule has 0 unspecified atom stereocenters. The number of hydrogen-bond donors (Lipinski definition) is 1. The van der Waals surface area contributed by atoms with E-state index in [2.05, 4.69) is 23.1 Å². The molecule has 1 aliphatic carbocycles. The molecule has 1 heterocycles. The fourth-order valence-corrected chi connectivity index (χ4v) is 2.75. The van der Waals surface area contributed by atoms with E-state index in [1.165, 1.54) is 31.2 Å². The normalized spacial score (nSPS) is 25.4. The van der Waals surface area contributed by atoms with Crippen molar-refractivity contribution in [1.82, 2.24) is 14.7 Å². The van der Waals surface area contributed by atoms with Crippen LogP contribution in [-0.4, -0.2) is 33.3 Å². The van der Waals surface area contributed by atoms with Crippen molar-refractivity contribution in [3.05, 3.63) is 18.0 Å². The van der Waals surface area contributed by atoms with Gasteiger partial charge in [0.2, 0.25) is 0 Å². The molecule has 96 valence electrons. The van der Waals surface area contributed by atoms with Crippen molar-refractivity contribution in [2.24, 2.45) is 12.8 Å². The first kappa shape index (κ1) is 12.6. The molecule has 1 fully saturated rings. The predicted octanol–water partition coefficient (Wildman–Crippen LogP) is 1.51. The van der Waals surface area contributed by atoms with Crippen LogP contribution < -0.4 is 5.73 Å². The minimum Gasteiger partial charge on any atom is -0.328 e. The van der Waals surface area contributed by atoms with Crippen LogP contribution in [0.15, 0.2) is 12.4 Å². The van der Waals surface area contributed by atoms with Gasteiger partial charge in [-0.2, -0.15) is 5.10 Å². The molecule has 4 heteroatoms. The highest BCUT2D eigenvalue weighted by Gasteiger charge is 2.23. The van der Waals surface area contributed by atoms with Crippen molar-refractivity contribution in [1.29, 1.82) is 0 Å². The number of hydrogen-bond acceptors (Lipinski definition) is 3. The molecule has 0 radical (unpaired) electrons. The average molecular weight is 236 g/mol. The summed E-state index contributed by atoms with van der Waals surface area (Å²) in [5.41, 5.74) is 7.27. The lowest BCUT2D eigenvalue weighted by molar-refractivity contribution is 0.149. The molecule has 0 aromatic carbocycles. The minimum absolute atomic E-state index is 0.434. The smallest absolute Gasteiger partial charge is 0.0534 e. The zero-order valence-corrected chi connectivity index (χ0v) is 11.0. The highest BCUT2D eigenvalue weighted by molar-refractivity contribution is 5.03. The van der Waals surface area contributed by atoms with E-state index in [9.17, 15) is 0 Å². The zero-order valence-electron chi connectivity index (χ0n) is 11.0. The summed E-state index contributed by atoms with van der Waals surface area (Å²) >= 11 is 0. The number of rotatable bonds is 4. The topological polar surface area (TPSA) is 47.1 Å². The van der Waals surface area contributed by atoms with Crippen LogP contribution in [0.25, 0.3) is 0 Å². The average Bonchev–Trinajstić information content (AvgIpc) is 2.73. The molecule has 2 N–H and O–H groups in total. The van der Waals surface area contributed by atoms with E-state index in [-0.39, 0.29) is 0 Å². The first-order chi connectivity index (χ1) is 8.19. The first-order valence-electron chi connectivity index (χ1n) is 6.66. The van der Waals surface area contributed by atoms with Crippen molar-refractivity contribution >= 4 is 0 Å². The molecular weight excluding hydrogens is 212 g/mol. The third kappa shape index (κ3) is 3.30. The Labute approximate surface area is 104 Å². The van der Waals surface area contributed by atoms with Gasteiger partial charge in [-0.1, -0.05) is 6.92 Å². The van der Waals surface area contributed by atoms with Crippen LogP contribution in [0.3, 0.4) is 0 Å². The van der Waals surface area contributed by atoms with E-state index in [0.29, 0.717) is 12.1 Å². The summed E-state index contributed by atoms with van der Waals surface area (Å²) in [5.74, 6) is 0. The molecule has 1 aromatic heterocycles. The van der Waals surface area contributed by atoms with E-state index in [1.807, 2.05) is 17.9 Å². The Hall–Kier alpha value is -0.870. The molecule has 0 bridgehead atoms. The van der Waals surface area contributed by atoms with E-state index < -0.39 is 0 Å². The summed E-state index contributed by atoms with van der Waals surface area (Å²) in [6.45, 7) is 4.37. The standard InChI is InChI=1S/C13H24N4/c1-3-17(10-11-8-15-16(2)9-11)13-6-4-12(14)5-7-13/h8-9,12-13H,3-7,10,14H2,1-2H3. The Morgan fingerprint density at radius 2 is 2.12 bits per heavy atom. The molecular formula is C13H24N4. The van der Waals surface area contributed by atoms with Crippen LogP contribution >= 0.6 is 0 Å². The first-order valence-corrected chi connectivity index (χ1v) is 6.66. The second-order valence-electron chi connectivity index (χ2n) is 5.15. The van der Waals surface area contributed by atoms with Crippen LogP contribution in [0.5, 0.6) is 0 Å². The lowest BCUT2D eigenvalue weighted by atomic mass is 9.90. The van der Waals surface area contributed by atoms with Gasteiger partial charge in [-0.15, -0.1) is 0 Å². The van der Waals surface area contributed by atoms with E-state index in [4.69, 9.17) is 5.73 Å². The number of nitrogens with two attached hydrogens (primary N) is 1. The number of nitrogens with zero attached hydrogens (tertiary/aromatic N) is 3. The second kappa shape index (κ2) is 5.65. The lowest BCUT2D eigenvalue weighted by Gasteiger charge is -2.35. The predicted molar refractivity (Wildman–Crippen MR) is 69.5 cm³/mol. The van der Waals surface area contributed by atoms with Gasteiger partial charge in [0.15, 0.2) is 0 Å². The largest absolute Gasteiger partial charge is 0.328 e. The summed E-state index contributed by atoms with van der Waals surface area (Å²) < 4.78 is 1.87. The van der Waals surface area contributed by atoms with Gasteiger partial charge in [-0.25, -0.2) is 0 Å². The van der Waals surface area contributed by atoms with E-state index in [0.717, 1.165) is 13.1 Å². The quantitative estimate of drug-likeness (QED) is 0.862. The van der Waals surface area contributed by atoms with Crippen molar-refractivity contribution in [2.75, 3.05) is 6.54 Å². The minimum atomic E-state index is 0.434. The summed E-state index contributed by atoms with van der Waals surface area (Å²) in [6, 6.07) is 1.14. The van der Waals surface area contributed by atoms with Crippen molar-refractivity contribution in [2.45, 2.75) is 51.2 Å². The molecule has 17 heavy (non-hydrogen) atoms. The van der Waals surface area contributed by atoms with Gasteiger partial charge in [0, 0.05) is 37.4 Å². The highest BCUT2D eigenvalue weighted by Crippen LogP contribution is 2.23. The molecule has 1 aliphatic rings. The molecule has 0 spiro atoms. The van der Waals surface area contributed by atoms with Gasteiger partial charge in [0.05, 0.1) is 6.20 Å². The maximum atomic E-state index is 5.96. The van der Waals surface area contributed by atoms with Crippen molar-refractivity contribution in [3.8, 4) is 0 Å². The summed E-state index contributed by atoms with van der Waals surface area (Å²) in [6.07, 6.45) is 8.92. The Bertz CT molecular complexity index is 339. The molecule has 0 amide bonds. The lowest BCUT2D eigenvalue weighted by Crippen LogP contribution is -2.40.